The highest BCUT2D eigenvalue weighted by atomic mass is 19.1. The van der Waals surface area contributed by atoms with Crippen molar-refractivity contribution >= 4 is 22.6 Å². The zero-order valence-corrected chi connectivity index (χ0v) is 19.0. The van der Waals surface area contributed by atoms with Crippen LogP contribution in [0, 0.1) is 5.82 Å². The molecule has 1 aromatic carbocycles. The first-order valence-electron chi connectivity index (χ1n) is 11.4. The van der Waals surface area contributed by atoms with E-state index in [0.29, 0.717) is 28.8 Å². The third-order valence-electron chi connectivity index (χ3n) is 6.23. The molecule has 0 saturated carbocycles. The Balaban J connectivity index is 1.30. The summed E-state index contributed by atoms with van der Waals surface area (Å²) in [5, 5.41) is 11.8. The van der Waals surface area contributed by atoms with Crippen LogP contribution in [0.5, 0.6) is 0 Å². The van der Waals surface area contributed by atoms with E-state index in [-0.39, 0.29) is 11.6 Å². The number of hydrogen-bond acceptors (Lipinski definition) is 7. The molecule has 1 fully saturated rings. The Kier molecular flexibility index (Phi) is 6.02. The second kappa shape index (κ2) is 9.26. The second-order valence-corrected chi connectivity index (χ2v) is 8.82. The fraction of sp³-hybridized carbons (Fsp3) is 0.320. The summed E-state index contributed by atoms with van der Waals surface area (Å²) < 4.78 is 19.2. The molecule has 34 heavy (non-hydrogen) atoms. The van der Waals surface area contributed by atoms with E-state index in [1.165, 1.54) is 12.3 Å². The molecule has 4 heterocycles. The van der Waals surface area contributed by atoms with Crippen LogP contribution in [0.4, 0.5) is 10.2 Å². The molecule has 1 N–H and O–H groups in total. The molecule has 1 aliphatic heterocycles. The van der Waals surface area contributed by atoms with E-state index in [4.69, 9.17) is 4.42 Å². The minimum absolute atomic E-state index is 0.211. The van der Waals surface area contributed by atoms with Crippen molar-refractivity contribution in [2.45, 2.75) is 38.6 Å². The van der Waals surface area contributed by atoms with Crippen molar-refractivity contribution in [3.05, 3.63) is 66.4 Å². The normalized spacial score (nSPS) is 15.2. The van der Waals surface area contributed by atoms with E-state index < -0.39 is 11.7 Å². The third kappa shape index (κ3) is 4.65. The number of nitrogens with zero attached hydrogens (tertiary/aromatic N) is 5. The number of rotatable bonds is 5. The molecule has 4 aromatic rings. The van der Waals surface area contributed by atoms with Gasteiger partial charge in [-0.2, -0.15) is 0 Å². The van der Waals surface area contributed by atoms with Crippen LogP contribution >= 0.6 is 0 Å². The summed E-state index contributed by atoms with van der Waals surface area (Å²) in [7, 11) is 0. The van der Waals surface area contributed by atoms with Crippen molar-refractivity contribution in [3.63, 3.8) is 0 Å². The summed E-state index contributed by atoms with van der Waals surface area (Å²) in [5.74, 6) is 0.297. The zero-order valence-electron chi connectivity index (χ0n) is 19.0. The lowest BCUT2D eigenvalue weighted by molar-refractivity contribution is 0.102. The predicted molar refractivity (Wildman–Crippen MR) is 126 cm³/mol. The molecule has 1 aliphatic rings. The monoisotopic (exact) mass is 460 g/mol. The maximum absolute atomic E-state index is 13.6. The molecule has 1 amide bonds. The third-order valence-corrected chi connectivity index (χ3v) is 6.23. The number of halogens is 1. The van der Waals surface area contributed by atoms with Gasteiger partial charge in [0.1, 0.15) is 12.1 Å². The van der Waals surface area contributed by atoms with E-state index in [0.717, 1.165) is 43.1 Å². The van der Waals surface area contributed by atoms with Crippen LogP contribution in [0.3, 0.4) is 0 Å². The highest BCUT2D eigenvalue weighted by Crippen LogP contribution is 2.29. The van der Waals surface area contributed by atoms with Crippen LogP contribution in [-0.4, -0.2) is 50.1 Å². The Bertz CT molecular complexity index is 1330. The van der Waals surface area contributed by atoms with Gasteiger partial charge in [0, 0.05) is 29.1 Å². The molecule has 0 radical (unpaired) electrons. The maximum atomic E-state index is 13.6. The average molecular weight is 461 g/mol. The molecule has 174 valence electrons. The van der Waals surface area contributed by atoms with Gasteiger partial charge in [-0.1, -0.05) is 6.07 Å². The van der Waals surface area contributed by atoms with Crippen LogP contribution in [0.25, 0.3) is 22.0 Å². The Morgan fingerprint density at radius 3 is 2.71 bits per heavy atom. The minimum atomic E-state index is -0.409. The van der Waals surface area contributed by atoms with Crippen LogP contribution in [0.1, 0.15) is 49.0 Å². The van der Waals surface area contributed by atoms with Crippen LogP contribution < -0.4 is 5.32 Å². The van der Waals surface area contributed by atoms with Crippen LogP contribution in [0.2, 0.25) is 0 Å². The van der Waals surface area contributed by atoms with Crippen LogP contribution in [-0.2, 0) is 0 Å². The van der Waals surface area contributed by atoms with Crippen molar-refractivity contribution in [1.82, 2.24) is 25.1 Å². The van der Waals surface area contributed by atoms with E-state index in [9.17, 15) is 9.18 Å². The number of hydrogen-bond donors (Lipinski definition) is 1. The number of fused-ring (bicyclic) bond motifs is 1. The fourth-order valence-corrected chi connectivity index (χ4v) is 4.28. The molecule has 8 nitrogen and oxygen atoms in total. The number of anilines is 1. The van der Waals surface area contributed by atoms with Crippen LogP contribution in [0.15, 0.2) is 53.4 Å². The van der Waals surface area contributed by atoms with Gasteiger partial charge >= 0.3 is 0 Å². The first kappa shape index (κ1) is 22.1. The molecular weight excluding hydrogens is 435 g/mol. The lowest BCUT2D eigenvalue weighted by Gasteiger charge is -2.33. The Hall–Kier alpha value is -3.72. The van der Waals surface area contributed by atoms with Gasteiger partial charge in [-0.25, -0.2) is 9.37 Å². The summed E-state index contributed by atoms with van der Waals surface area (Å²) in [6, 6.07) is 9.14. The van der Waals surface area contributed by atoms with Gasteiger partial charge in [-0.05, 0) is 69.6 Å². The van der Waals surface area contributed by atoms with E-state index >= 15 is 0 Å². The number of likely N-dealkylation sites (tertiary alicyclic amines) is 1. The first-order valence-corrected chi connectivity index (χ1v) is 11.4. The van der Waals surface area contributed by atoms with E-state index in [1.54, 1.807) is 18.3 Å². The van der Waals surface area contributed by atoms with E-state index in [2.05, 4.69) is 44.2 Å². The van der Waals surface area contributed by atoms with Gasteiger partial charge < -0.3 is 14.6 Å². The molecule has 0 bridgehead atoms. The number of carbonyl (C=O) groups excluding carboxylic acids is 1. The lowest BCUT2D eigenvalue weighted by Crippen LogP contribution is -2.37. The van der Waals surface area contributed by atoms with Crippen molar-refractivity contribution in [2.24, 2.45) is 0 Å². The number of carbonyl (C=O) groups is 1. The van der Waals surface area contributed by atoms with Crippen molar-refractivity contribution in [1.29, 1.82) is 0 Å². The number of pyridine rings is 1. The lowest BCUT2D eigenvalue weighted by atomic mass is 9.96. The Morgan fingerprint density at radius 1 is 1.12 bits per heavy atom. The summed E-state index contributed by atoms with van der Waals surface area (Å²) in [4.78, 5) is 23.5. The average Bonchev–Trinajstić information content (AvgIpc) is 3.34. The molecule has 1 saturated heterocycles. The predicted octanol–water partition coefficient (Wildman–Crippen LogP) is 4.66. The van der Waals surface area contributed by atoms with Gasteiger partial charge in [0.2, 0.25) is 0 Å². The van der Waals surface area contributed by atoms with Gasteiger partial charge in [0.15, 0.2) is 17.4 Å². The smallest absolute Gasteiger partial charge is 0.278 e. The van der Waals surface area contributed by atoms with Gasteiger partial charge in [0.05, 0.1) is 11.7 Å². The number of amides is 1. The molecule has 0 aliphatic carbocycles. The van der Waals surface area contributed by atoms with Gasteiger partial charge in [0.25, 0.3) is 5.91 Å². The largest absolute Gasteiger partial charge is 0.448 e. The number of oxazole rings is 1. The SMILES string of the molecule is CC(C)N1CCC(c2nc(C(=O)Nc3cc4cc(-c5cncc(F)c5)ccc4nn3)co2)CC1. The number of nitrogens with one attached hydrogen (secondary N) is 1. The summed E-state index contributed by atoms with van der Waals surface area (Å²) in [6.45, 7) is 6.38. The zero-order chi connectivity index (χ0) is 23.7. The molecular formula is C25H25FN6O2. The van der Waals surface area contributed by atoms with Crippen molar-refractivity contribution in [3.8, 4) is 11.1 Å². The topological polar surface area (TPSA) is 97.0 Å². The van der Waals surface area contributed by atoms with E-state index in [1.807, 2.05) is 12.1 Å². The molecule has 0 unspecified atom stereocenters. The highest BCUT2D eigenvalue weighted by Gasteiger charge is 2.26. The quantitative estimate of drug-likeness (QED) is 0.463. The molecule has 5 rings (SSSR count). The summed E-state index contributed by atoms with van der Waals surface area (Å²) >= 11 is 0. The number of aromatic nitrogens is 4. The maximum Gasteiger partial charge on any atom is 0.278 e. The molecule has 3 aromatic heterocycles. The fourth-order valence-electron chi connectivity index (χ4n) is 4.28. The molecule has 0 spiro atoms. The standard InChI is InChI=1S/C25H25FN6O2/c1-15(2)32-7-5-16(6-8-32)25-28-22(14-34-25)24(33)29-23-11-18-9-17(3-4-21(18)30-31-23)19-10-20(26)13-27-12-19/h3-4,9-16H,5-8H2,1-2H3,(H,29,31,33). The van der Waals surface area contributed by atoms with Crippen molar-refractivity contribution < 1.29 is 13.6 Å². The highest BCUT2D eigenvalue weighted by molar-refractivity contribution is 6.02. The summed E-state index contributed by atoms with van der Waals surface area (Å²) in [6.07, 6.45) is 6.06. The first-order chi connectivity index (χ1) is 16.5. The second-order valence-electron chi connectivity index (χ2n) is 8.82. The molecule has 9 heteroatoms. The Morgan fingerprint density at radius 2 is 1.94 bits per heavy atom. The van der Waals surface area contributed by atoms with Crippen molar-refractivity contribution in [2.75, 3.05) is 18.4 Å². The number of benzene rings is 1. The van der Waals surface area contributed by atoms with Gasteiger partial charge in [-0.15, -0.1) is 10.2 Å². The molecule has 0 atom stereocenters. The minimum Gasteiger partial charge on any atom is -0.448 e. The van der Waals surface area contributed by atoms with Gasteiger partial charge in [-0.3, -0.25) is 9.78 Å². The number of piperidine rings is 1. The Labute approximate surface area is 196 Å². The summed E-state index contributed by atoms with van der Waals surface area (Å²) in [5.41, 5.74) is 2.30.